The lowest BCUT2D eigenvalue weighted by Crippen LogP contribution is -2.05. The molecule has 0 N–H and O–H groups in total. The number of hydrogen-bond acceptors (Lipinski definition) is 3. The second-order valence-corrected chi connectivity index (χ2v) is 2.71. The Morgan fingerprint density at radius 3 is 2.88 bits per heavy atom. The highest BCUT2D eigenvalue weighted by Gasteiger charge is 1.95. The van der Waals surface area contributed by atoms with Crippen LogP contribution in [0.4, 0.5) is 0 Å². The minimum atomic E-state index is -0.325. The number of carbonyl (C=O) groups is 1. The van der Waals surface area contributed by atoms with Crippen molar-refractivity contribution >= 4 is 34.5 Å². The van der Waals surface area contributed by atoms with Gasteiger partial charge in [-0.15, -0.1) is 0 Å². The Bertz CT molecular complexity index is 76.9. The molecule has 0 spiro atoms. The zero-order chi connectivity index (χ0) is 6.41. The van der Waals surface area contributed by atoms with Gasteiger partial charge in [-0.1, -0.05) is 0 Å². The molecule has 0 amide bonds. The SMILES string of the molecule is COC(=O)COPI. The smallest absolute Gasteiger partial charge is 0.332 e. The highest BCUT2D eigenvalue weighted by atomic mass is 127. The topological polar surface area (TPSA) is 35.5 Å². The average molecular weight is 248 g/mol. The molecule has 0 radical (unpaired) electrons. The van der Waals surface area contributed by atoms with Crippen LogP contribution in [0, 0.1) is 0 Å². The fourth-order valence-electron chi connectivity index (χ4n) is 0.145. The lowest BCUT2D eigenvalue weighted by atomic mass is 10.8. The molecule has 1 atom stereocenters. The van der Waals surface area contributed by atoms with Crippen LogP contribution in [0.2, 0.25) is 0 Å². The maximum Gasteiger partial charge on any atom is 0.332 e. The van der Waals surface area contributed by atoms with E-state index in [-0.39, 0.29) is 12.6 Å². The lowest BCUT2D eigenvalue weighted by Gasteiger charge is -1.95. The van der Waals surface area contributed by atoms with E-state index in [0.29, 0.717) is 6.45 Å². The first-order chi connectivity index (χ1) is 3.81. The van der Waals surface area contributed by atoms with Crippen LogP contribution in [0.5, 0.6) is 0 Å². The number of esters is 1. The van der Waals surface area contributed by atoms with Crippen molar-refractivity contribution in [3.8, 4) is 0 Å². The first kappa shape index (κ1) is 8.59. The fourth-order valence-corrected chi connectivity index (χ4v) is 0.785. The third-order valence-electron chi connectivity index (χ3n) is 0.472. The largest absolute Gasteiger partial charge is 0.467 e. The van der Waals surface area contributed by atoms with Crippen molar-refractivity contribution in [2.24, 2.45) is 0 Å². The van der Waals surface area contributed by atoms with E-state index in [0.717, 1.165) is 0 Å². The number of halogens is 1. The van der Waals surface area contributed by atoms with Crippen LogP contribution in [-0.2, 0) is 14.1 Å². The maximum atomic E-state index is 10.2. The Labute approximate surface area is 62.5 Å². The van der Waals surface area contributed by atoms with E-state index < -0.39 is 0 Å². The van der Waals surface area contributed by atoms with E-state index >= 15 is 0 Å². The highest BCUT2D eigenvalue weighted by Crippen LogP contribution is 2.20. The second-order valence-electron chi connectivity index (χ2n) is 0.942. The number of methoxy groups -OCH3 is 1. The molecule has 0 aromatic heterocycles. The van der Waals surface area contributed by atoms with Gasteiger partial charge in [-0.25, -0.2) is 4.79 Å². The molecule has 0 saturated carbocycles. The van der Waals surface area contributed by atoms with E-state index in [2.05, 4.69) is 4.74 Å². The molecule has 0 aliphatic carbocycles. The zero-order valence-electron chi connectivity index (χ0n) is 4.31. The van der Waals surface area contributed by atoms with E-state index in [1.165, 1.54) is 7.11 Å². The normalized spacial score (nSPS) is 10.2. The first-order valence-corrected chi connectivity index (χ1v) is 5.87. The molecule has 0 heterocycles. The van der Waals surface area contributed by atoms with E-state index in [1.54, 1.807) is 0 Å². The van der Waals surface area contributed by atoms with Crippen molar-refractivity contribution in [3.63, 3.8) is 0 Å². The van der Waals surface area contributed by atoms with Gasteiger partial charge in [-0.3, -0.25) is 0 Å². The van der Waals surface area contributed by atoms with Crippen molar-refractivity contribution in [1.82, 2.24) is 0 Å². The molecule has 0 bridgehead atoms. The molecular weight excluding hydrogens is 242 g/mol. The predicted molar refractivity (Wildman–Crippen MR) is 40.3 cm³/mol. The van der Waals surface area contributed by atoms with Crippen LogP contribution in [0.15, 0.2) is 0 Å². The average Bonchev–Trinajstić information content (AvgIpc) is 1.83. The second kappa shape index (κ2) is 5.72. The van der Waals surface area contributed by atoms with Gasteiger partial charge in [0.25, 0.3) is 0 Å². The van der Waals surface area contributed by atoms with E-state index in [9.17, 15) is 4.79 Å². The van der Waals surface area contributed by atoms with Gasteiger partial charge in [-0.05, 0) is 22.0 Å². The molecule has 8 heavy (non-hydrogen) atoms. The van der Waals surface area contributed by atoms with Crippen molar-refractivity contribution in [2.75, 3.05) is 13.7 Å². The summed E-state index contributed by atoms with van der Waals surface area (Å²) in [6, 6.07) is 0. The molecule has 0 aliphatic heterocycles. The minimum Gasteiger partial charge on any atom is -0.467 e. The van der Waals surface area contributed by atoms with Gasteiger partial charge in [0, 0.05) is 0 Å². The molecule has 0 aliphatic rings. The highest BCUT2D eigenvalue weighted by molar-refractivity contribution is 14.2. The van der Waals surface area contributed by atoms with Gasteiger partial charge in [0.2, 0.25) is 0 Å². The Morgan fingerprint density at radius 2 is 2.50 bits per heavy atom. The molecule has 5 heteroatoms. The summed E-state index contributed by atoms with van der Waals surface area (Å²) < 4.78 is 9.02. The van der Waals surface area contributed by atoms with Gasteiger partial charge in [-0.2, -0.15) is 0 Å². The summed E-state index contributed by atoms with van der Waals surface area (Å²) >= 11 is 2.03. The Hall–Kier alpha value is 0.590. The summed E-state index contributed by atoms with van der Waals surface area (Å²) in [5, 5.41) is 0. The Kier molecular flexibility index (Phi) is 6.14. The molecule has 1 unspecified atom stereocenters. The molecule has 0 rings (SSSR count). The fraction of sp³-hybridized carbons (Fsp3) is 0.667. The summed E-state index contributed by atoms with van der Waals surface area (Å²) in [4.78, 5) is 10.2. The minimum absolute atomic E-state index is 0.0673. The summed E-state index contributed by atoms with van der Waals surface area (Å²) in [7, 11) is 1.34. The number of ether oxygens (including phenoxy) is 1. The quantitative estimate of drug-likeness (QED) is 0.426. The van der Waals surface area contributed by atoms with Crippen LogP contribution >= 0.6 is 28.5 Å². The van der Waals surface area contributed by atoms with Gasteiger partial charge < -0.3 is 9.26 Å². The molecule has 0 aromatic carbocycles. The molecular formula is C3H6IO3P. The summed E-state index contributed by atoms with van der Waals surface area (Å²) in [5.74, 6) is -0.325. The van der Waals surface area contributed by atoms with Crippen LogP contribution in [0.25, 0.3) is 0 Å². The van der Waals surface area contributed by atoms with Crippen molar-refractivity contribution in [2.45, 2.75) is 0 Å². The lowest BCUT2D eigenvalue weighted by molar-refractivity contribution is -0.142. The number of carbonyl (C=O) groups excluding carboxylic acids is 1. The summed E-state index contributed by atoms with van der Waals surface area (Å²) in [6.07, 6.45) is 0. The monoisotopic (exact) mass is 248 g/mol. The van der Waals surface area contributed by atoms with E-state index in [4.69, 9.17) is 4.52 Å². The van der Waals surface area contributed by atoms with Crippen LogP contribution in [0.3, 0.4) is 0 Å². The van der Waals surface area contributed by atoms with Gasteiger partial charge in [0.1, 0.15) is 6.61 Å². The van der Waals surface area contributed by atoms with Crippen LogP contribution in [0.1, 0.15) is 0 Å². The third kappa shape index (κ3) is 4.74. The third-order valence-corrected chi connectivity index (χ3v) is 1.66. The first-order valence-electron chi connectivity index (χ1n) is 1.85. The molecule has 3 nitrogen and oxygen atoms in total. The Morgan fingerprint density at radius 1 is 1.88 bits per heavy atom. The molecule has 0 saturated heterocycles. The number of rotatable bonds is 3. The van der Waals surface area contributed by atoms with E-state index in [1.807, 2.05) is 22.0 Å². The summed E-state index contributed by atoms with van der Waals surface area (Å²) in [6.45, 7) is 0.390. The molecule has 0 fully saturated rings. The van der Waals surface area contributed by atoms with Crippen molar-refractivity contribution in [3.05, 3.63) is 0 Å². The predicted octanol–water partition coefficient (Wildman–Crippen LogP) is 1.12. The molecule has 48 valence electrons. The van der Waals surface area contributed by atoms with Crippen LogP contribution in [-0.4, -0.2) is 19.7 Å². The van der Waals surface area contributed by atoms with Crippen molar-refractivity contribution < 1.29 is 14.1 Å². The summed E-state index contributed by atoms with van der Waals surface area (Å²) in [5.41, 5.74) is 0. The Balaban J connectivity index is 2.99. The van der Waals surface area contributed by atoms with Crippen molar-refractivity contribution in [1.29, 1.82) is 0 Å². The standard InChI is InChI=1S/C3H6IO3P/c1-6-3(5)2-7-8-4/h8H,2H2,1H3. The zero-order valence-corrected chi connectivity index (χ0v) is 7.47. The van der Waals surface area contributed by atoms with Crippen LogP contribution < -0.4 is 0 Å². The van der Waals surface area contributed by atoms with Gasteiger partial charge in [0.15, 0.2) is 0 Å². The van der Waals surface area contributed by atoms with Gasteiger partial charge >= 0.3 is 5.97 Å². The number of hydrogen-bond donors (Lipinski definition) is 0. The maximum absolute atomic E-state index is 10.2. The van der Waals surface area contributed by atoms with Gasteiger partial charge in [0.05, 0.1) is 13.6 Å². The molecule has 0 aromatic rings.